The zero-order valence-electron chi connectivity index (χ0n) is 10.8. The molecule has 2 rings (SSSR count). The van der Waals surface area contributed by atoms with E-state index in [2.05, 4.69) is 10.3 Å². The van der Waals surface area contributed by atoms with Crippen LogP contribution in [0.5, 0.6) is 5.75 Å². The summed E-state index contributed by atoms with van der Waals surface area (Å²) in [6, 6.07) is 10.2. The average Bonchev–Trinajstić information content (AvgIpc) is 2.42. The van der Waals surface area contributed by atoms with Crippen molar-refractivity contribution < 1.29 is 9.50 Å². The quantitative estimate of drug-likeness (QED) is 0.869. The van der Waals surface area contributed by atoms with E-state index < -0.39 is 0 Å². The van der Waals surface area contributed by atoms with Crippen LogP contribution in [-0.4, -0.2) is 16.6 Å². The number of hydrogen-bond acceptors (Lipinski definition) is 3. The summed E-state index contributed by atoms with van der Waals surface area (Å²) < 4.78 is 12.9. The molecule has 1 atom stereocenters. The second kappa shape index (κ2) is 6.29. The highest BCUT2D eigenvalue weighted by Gasteiger charge is 2.12. The van der Waals surface area contributed by atoms with Gasteiger partial charge in [0.15, 0.2) is 0 Å². The summed E-state index contributed by atoms with van der Waals surface area (Å²) in [6.45, 7) is 2.83. The Hall–Kier alpha value is -1.94. The monoisotopic (exact) mass is 260 g/mol. The molecule has 2 aromatic rings. The molecule has 0 amide bonds. The lowest BCUT2D eigenvalue weighted by molar-refractivity contribution is 0.474. The Labute approximate surface area is 112 Å². The predicted octanol–water partition coefficient (Wildman–Crippen LogP) is 2.82. The number of benzene rings is 1. The van der Waals surface area contributed by atoms with Crippen molar-refractivity contribution in [2.75, 3.05) is 6.54 Å². The Morgan fingerprint density at radius 3 is 2.53 bits per heavy atom. The molecular formula is C15H17FN2O. The lowest BCUT2D eigenvalue weighted by Gasteiger charge is -2.17. The van der Waals surface area contributed by atoms with E-state index in [1.165, 1.54) is 12.3 Å². The Kier molecular flexibility index (Phi) is 4.47. The van der Waals surface area contributed by atoms with Gasteiger partial charge in [-0.15, -0.1) is 0 Å². The van der Waals surface area contributed by atoms with Crippen molar-refractivity contribution in [1.29, 1.82) is 0 Å². The maximum atomic E-state index is 12.9. The Balaban J connectivity index is 2.15. The van der Waals surface area contributed by atoms with Gasteiger partial charge in [-0.2, -0.15) is 0 Å². The molecule has 3 nitrogen and oxygen atoms in total. The first-order valence-electron chi connectivity index (χ1n) is 6.31. The first-order valence-corrected chi connectivity index (χ1v) is 6.31. The van der Waals surface area contributed by atoms with Gasteiger partial charge in [-0.1, -0.05) is 19.1 Å². The fourth-order valence-corrected chi connectivity index (χ4v) is 1.99. The summed E-state index contributed by atoms with van der Waals surface area (Å²) in [5, 5.41) is 12.6. The van der Waals surface area contributed by atoms with E-state index in [1.807, 2.05) is 19.1 Å². The number of rotatable bonds is 5. The summed E-state index contributed by atoms with van der Waals surface area (Å²) in [7, 11) is 0. The number of nitrogens with one attached hydrogen (secondary N) is 1. The van der Waals surface area contributed by atoms with Crippen molar-refractivity contribution in [1.82, 2.24) is 10.3 Å². The number of phenolic OH excluding ortho intramolecular Hbond substituents is 1. The van der Waals surface area contributed by atoms with Gasteiger partial charge in [0.25, 0.3) is 0 Å². The third-order valence-electron chi connectivity index (χ3n) is 2.93. The number of hydrogen-bond donors (Lipinski definition) is 2. The van der Waals surface area contributed by atoms with Crippen LogP contribution < -0.4 is 5.32 Å². The fourth-order valence-electron chi connectivity index (χ4n) is 1.99. The molecule has 2 N–H and O–H groups in total. The highest BCUT2D eigenvalue weighted by molar-refractivity contribution is 5.27. The molecule has 4 heteroatoms. The van der Waals surface area contributed by atoms with Gasteiger partial charge in [-0.05, 0) is 42.8 Å². The zero-order valence-corrected chi connectivity index (χ0v) is 10.8. The SMILES string of the molecule is CCNC(Cc1ccc(O)cc1)c1ccc(F)cn1. The molecule has 0 saturated heterocycles. The van der Waals surface area contributed by atoms with Crippen molar-refractivity contribution in [3.63, 3.8) is 0 Å². The molecule has 19 heavy (non-hydrogen) atoms. The molecule has 0 aliphatic carbocycles. The molecule has 1 heterocycles. The van der Waals surface area contributed by atoms with Crippen LogP contribution in [0, 0.1) is 5.82 Å². The smallest absolute Gasteiger partial charge is 0.141 e. The van der Waals surface area contributed by atoms with Crippen LogP contribution in [0.15, 0.2) is 42.6 Å². The van der Waals surface area contributed by atoms with E-state index in [0.717, 1.165) is 24.2 Å². The van der Waals surface area contributed by atoms with Gasteiger partial charge < -0.3 is 10.4 Å². The maximum Gasteiger partial charge on any atom is 0.141 e. The van der Waals surface area contributed by atoms with Crippen molar-refractivity contribution in [2.24, 2.45) is 0 Å². The van der Waals surface area contributed by atoms with Gasteiger partial charge >= 0.3 is 0 Å². The van der Waals surface area contributed by atoms with Gasteiger partial charge in [0.2, 0.25) is 0 Å². The Morgan fingerprint density at radius 1 is 1.21 bits per heavy atom. The fraction of sp³-hybridized carbons (Fsp3) is 0.267. The number of halogens is 1. The van der Waals surface area contributed by atoms with Crippen molar-refractivity contribution >= 4 is 0 Å². The first kappa shape index (κ1) is 13.5. The van der Waals surface area contributed by atoms with Gasteiger partial charge in [0.05, 0.1) is 17.9 Å². The maximum absolute atomic E-state index is 12.9. The van der Waals surface area contributed by atoms with Gasteiger partial charge in [0.1, 0.15) is 11.6 Å². The van der Waals surface area contributed by atoms with E-state index in [0.29, 0.717) is 0 Å². The molecule has 1 aromatic carbocycles. The lowest BCUT2D eigenvalue weighted by Crippen LogP contribution is -2.23. The molecular weight excluding hydrogens is 243 g/mol. The van der Waals surface area contributed by atoms with Gasteiger partial charge in [0, 0.05) is 0 Å². The van der Waals surface area contributed by atoms with Crippen LogP contribution in [0.3, 0.4) is 0 Å². The topological polar surface area (TPSA) is 45.1 Å². The number of phenols is 1. The molecule has 1 aromatic heterocycles. The highest BCUT2D eigenvalue weighted by atomic mass is 19.1. The van der Waals surface area contributed by atoms with Crippen LogP contribution >= 0.6 is 0 Å². The minimum absolute atomic E-state index is 0.0372. The summed E-state index contributed by atoms with van der Waals surface area (Å²) in [4.78, 5) is 4.12. The minimum Gasteiger partial charge on any atom is -0.508 e. The number of nitrogens with zero attached hydrogens (tertiary/aromatic N) is 1. The number of likely N-dealkylation sites (N-methyl/N-ethyl adjacent to an activating group) is 1. The molecule has 0 radical (unpaired) electrons. The normalized spacial score (nSPS) is 12.3. The first-order chi connectivity index (χ1) is 9.19. The van der Waals surface area contributed by atoms with E-state index >= 15 is 0 Å². The summed E-state index contributed by atoms with van der Waals surface area (Å²) in [5.41, 5.74) is 1.91. The Morgan fingerprint density at radius 2 is 1.95 bits per heavy atom. The number of aromatic hydroxyl groups is 1. The molecule has 0 aliphatic rings. The minimum atomic E-state index is -0.330. The largest absolute Gasteiger partial charge is 0.508 e. The summed E-state index contributed by atoms with van der Waals surface area (Å²) in [5.74, 6) is -0.0766. The van der Waals surface area contributed by atoms with Crippen molar-refractivity contribution in [2.45, 2.75) is 19.4 Å². The molecule has 0 spiro atoms. The van der Waals surface area contributed by atoms with Crippen LogP contribution in [0.1, 0.15) is 24.2 Å². The second-order valence-electron chi connectivity index (χ2n) is 4.38. The lowest BCUT2D eigenvalue weighted by atomic mass is 10.0. The van der Waals surface area contributed by atoms with Crippen molar-refractivity contribution in [3.05, 3.63) is 59.7 Å². The van der Waals surface area contributed by atoms with Crippen LogP contribution in [0.25, 0.3) is 0 Å². The summed E-state index contributed by atoms with van der Waals surface area (Å²) in [6.07, 6.45) is 1.98. The summed E-state index contributed by atoms with van der Waals surface area (Å²) >= 11 is 0. The van der Waals surface area contributed by atoms with E-state index in [9.17, 15) is 9.50 Å². The molecule has 0 fully saturated rings. The number of aromatic nitrogens is 1. The van der Waals surface area contributed by atoms with Crippen LogP contribution in [-0.2, 0) is 6.42 Å². The van der Waals surface area contributed by atoms with Crippen LogP contribution in [0.2, 0.25) is 0 Å². The molecule has 0 aliphatic heterocycles. The van der Waals surface area contributed by atoms with E-state index in [1.54, 1.807) is 18.2 Å². The average molecular weight is 260 g/mol. The highest BCUT2D eigenvalue weighted by Crippen LogP contribution is 2.18. The molecule has 0 bridgehead atoms. The molecule has 1 unspecified atom stereocenters. The Bertz CT molecular complexity index is 511. The van der Waals surface area contributed by atoms with Gasteiger partial charge in [-0.3, -0.25) is 4.98 Å². The van der Waals surface area contributed by atoms with Gasteiger partial charge in [-0.25, -0.2) is 4.39 Å². The zero-order chi connectivity index (χ0) is 13.7. The van der Waals surface area contributed by atoms with E-state index in [-0.39, 0.29) is 17.6 Å². The standard InChI is InChI=1S/C15H17FN2O/c1-2-17-15(14-8-5-12(16)10-18-14)9-11-3-6-13(19)7-4-11/h3-8,10,15,17,19H,2,9H2,1H3. The third kappa shape index (κ3) is 3.76. The third-order valence-corrected chi connectivity index (χ3v) is 2.93. The number of pyridine rings is 1. The molecule has 0 saturated carbocycles. The predicted molar refractivity (Wildman–Crippen MR) is 72.4 cm³/mol. The van der Waals surface area contributed by atoms with E-state index in [4.69, 9.17) is 0 Å². The van der Waals surface area contributed by atoms with Crippen LogP contribution in [0.4, 0.5) is 4.39 Å². The second-order valence-corrected chi connectivity index (χ2v) is 4.38. The van der Waals surface area contributed by atoms with Crippen molar-refractivity contribution in [3.8, 4) is 5.75 Å². The molecule has 100 valence electrons.